The Balaban J connectivity index is 1.18. The van der Waals surface area contributed by atoms with E-state index >= 15 is 0 Å². The summed E-state index contributed by atoms with van der Waals surface area (Å²) in [6, 6.07) is 32.7. The first-order valence-electron chi connectivity index (χ1n) is 15.3. The second-order valence-electron chi connectivity index (χ2n) is 11.9. The number of hydroxylamine groups is 6. The minimum Gasteiger partial charge on any atom is -0.632 e. The van der Waals surface area contributed by atoms with Crippen LogP contribution in [0.1, 0.15) is 45.5 Å². The minimum absolute atomic E-state index is 0.0866. The van der Waals surface area contributed by atoms with Crippen LogP contribution in [0, 0.1) is 10.4 Å². The summed E-state index contributed by atoms with van der Waals surface area (Å²) in [5, 5.41) is 35.1. The number of carbonyl (C=O) groups excluding carboxylic acids is 2. The highest BCUT2D eigenvalue weighted by molar-refractivity contribution is 5.83. The lowest BCUT2D eigenvalue weighted by atomic mass is 10.0. The number of rotatable bonds is 11. The van der Waals surface area contributed by atoms with Gasteiger partial charge < -0.3 is 30.3 Å². The van der Waals surface area contributed by atoms with E-state index in [1.165, 1.54) is 0 Å². The number of benzene rings is 4. The Morgan fingerprint density at radius 2 is 0.932 bits per heavy atom. The molecule has 44 heavy (non-hydrogen) atoms. The maximum Gasteiger partial charge on any atom is 0.283 e. The van der Waals surface area contributed by atoms with Crippen molar-refractivity contribution in [2.24, 2.45) is 0 Å². The zero-order valence-corrected chi connectivity index (χ0v) is 24.7. The number of nitrogens with zero attached hydrogens (tertiary/aromatic N) is 2. The third kappa shape index (κ3) is 6.16. The quantitative estimate of drug-likeness (QED) is 0.193. The monoisotopic (exact) mass is 590 g/mol. The maximum atomic E-state index is 14.6. The van der Waals surface area contributed by atoms with Crippen molar-refractivity contribution in [3.05, 3.63) is 153 Å². The van der Waals surface area contributed by atoms with Crippen LogP contribution in [-0.2, 0) is 35.5 Å². The van der Waals surface area contributed by atoms with E-state index in [0.717, 1.165) is 22.3 Å². The van der Waals surface area contributed by atoms with Crippen LogP contribution in [0.25, 0.3) is 0 Å². The van der Waals surface area contributed by atoms with Crippen LogP contribution in [0.5, 0.6) is 0 Å². The van der Waals surface area contributed by atoms with E-state index < -0.39 is 21.4 Å². The Labute approximate surface area is 258 Å². The van der Waals surface area contributed by atoms with Crippen molar-refractivity contribution in [2.75, 3.05) is 26.2 Å². The maximum absolute atomic E-state index is 14.6. The molecule has 2 unspecified atom stereocenters. The van der Waals surface area contributed by atoms with Crippen molar-refractivity contribution < 1.29 is 18.9 Å². The second kappa shape index (κ2) is 12.7. The number of fused-ring (bicyclic) bond motifs is 2. The third-order valence-electron chi connectivity index (χ3n) is 8.98. The molecule has 0 saturated carbocycles. The molecular formula is C36H38N4O4. The van der Waals surface area contributed by atoms with Gasteiger partial charge >= 0.3 is 0 Å². The van der Waals surface area contributed by atoms with Crippen LogP contribution in [0.15, 0.2) is 109 Å². The number of carbonyl (C=O) groups is 2. The summed E-state index contributed by atoms with van der Waals surface area (Å²) in [4.78, 5) is 27.2. The van der Waals surface area contributed by atoms with Gasteiger partial charge in [0, 0.05) is 35.3 Å². The van der Waals surface area contributed by atoms with E-state index in [1.54, 1.807) is 0 Å². The Morgan fingerprint density at radius 3 is 1.34 bits per heavy atom. The third-order valence-corrected chi connectivity index (χ3v) is 8.98. The molecule has 0 fully saturated rings. The predicted octanol–water partition coefficient (Wildman–Crippen LogP) is 4.84. The molecule has 0 bridgehead atoms. The highest BCUT2D eigenvalue weighted by Crippen LogP contribution is 2.43. The number of hydrogen-bond donors (Lipinski definition) is 2. The van der Waals surface area contributed by atoms with Crippen molar-refractivity contribution in [1.82, 2.24) is 10.6 Å². The normalized spacial score (nSPS) is 23.5. The molecule has 4 atom stereocenters. The van der Waals surface area contributed by atoms with E-state index in [9.17, 15) is 20.0 Å². The largest absolute Gasteiger partial charge is 0.632 e. The predicted molar refractivity (Wildman–Crippen MR) is 169 cm³/mol. The smallest absolute Gasteiger partial charge is 0.283 e. The zero-order valence-electron chi connectivity index (χ0n) is 24.7. The van der Waals surface area contributed by atoms with Crippen molar-refractivity contribution in [3.8, 4) is 0 Å². The number of amides is 2. The minimum atomic E-state index is -0.975. The van der Waals surface area contributed by atoms with E-state index in [2.05, 4.69) is 10.6 Å². The van der Waals surface area contributed by atoms with Crippen LogP contribution in [-0.4, -0.2) is 47.3 Å². The van der Waals surface area contributed by atoms with Gasteiger partial charge in [-0.25, -0.2) is 0 Å². The summed E-state index contributed by atoms with van der Waals surface area (Å²) in [6.45, 7) is 0.850. The average molecular weight is 591 g/mol. The van der Waals surface area contributed by atoms with Gasteiger partial charge in [0.25, 0.3) is 11.8 Å². The summed E-state index contributed by atoms with van der Waals surface area (Å²) >= 11 is 0. The molecular weight excluding hydrogens is 552 g/mol. The van der Waals surface area contributed by atoms with Crippen LogP contribution >= 0.6 is 0 Å². The van der Waals surface area contributed by atoms with Gasteiger partial charge in [-0.15, -0.1) is 0 Å². The lowest BCUT2D eigenvalue weighted by Crippen LogP contribution is -2.55. The molecule has 0 saturated heterocycles. The standard InChI is InChI=1S/C36H38N4O4/c41-35(37-21-19-27-11-3-1-4-12-27)33-31-17-9-7-15-29(31)25-39(33,43)23-24-40(44)26-30-16-8-10-18-32(30)34(40)36(42)38-22-20-28-13-5-2-6-14-28/h1-18,33-34H,19-26H2,(H,37,41)(H,38,42)/t33-,34-,39?,40?/m0/s1. The van der Waals surface area contributed by atoms with Gasteiger partial charge in [-0.2, -0.15) is 0 Å². The van der Waals surface area contributed by atoms with Crippen LogP contribution in [0.2, 0.25) is 0 Å². The van der Waals surface area contributed by atoms with Crippen LogP contribution < -0.4 is 10.6 Å². The van der Waals surface area contributed by atoms with Gasteiger partial charge in [0.2, 0.25) is 0 Å². The first-order valence-corrected chi connectivity index (χ1v) is 15.3. The number of quaternary nitrogens is 2. The number of nitrogens with one attached hydrogen (secondary N) is 2. The molecule has 8 heteroatoms. The van der Waals surface area contributed by atoms with Gasteiger partial charge in [-0.1, -0.05) is 109 Å². The first-order chi connectivity index (χ1) is 21.4. The second-order valence-corrected chi connectivity index (χ2v) is 11.9. The van der Waals surface area contributed by atoms with Gasteiger partial charge in [0.1, 0.15) is 26.2 Å². The topological polar surface area (TPSA) is 104 Å². The Morgan fingerprint density at radius 1 is 0.568 bits per heavy atom. The summed E-state index contributed by atoms with van der Waals surface area (Å²) in [6.07, 6.45) is 1.30. The molecule has 8 nitrogen and oxygen atoms in total. The summed E-state index contributed by atoms with van der Waals surface area (Å²) in [7, 11) is 0. The molecule has 0 radical (unpaired) electrons. The van der Waals surface area contributed by atoms with Crippen molar-refractivity contribution in [1.29, 1.82) is 0 Å². The summed E-state index contributed by atoms with van der Waals surface area (Å²) in [5.74, 6) is -0.670. The summed E-state index contributed by atoms with van der Waals surface area (Å²) < 4.78 is -1.70. The molecule has 4 aromatic rings. The molecule has 0 aliphatic carbocycles. The lowest BCUT2D eigenvalue weighted by molar-refractivity contribution is -0.962. The fourth-order valence-electron chi connectivity index (χ4n) is 6.76. The number of hydrogen-bond acceptors (Lipinski definition) is 4. The molecule has 2 N–H and O–H groups in total. The molecule has 226 valence electrons. The van der Waals surface area contributed by atoms with Crippen LogP contribution in [0.3, 0.4) is 0 Å². The molecule has 2 aliphatic rings. The van der Waals surface area contributed by atoms with E-state index in [4.69, 9.17) is 0 Å². The van der Waals surface area contributed by atoms with Gasteiger partial charge in [0.15, 0.2) is 12.1 Å². The molecule has 2 amide bonds. The Bertz CT molecular complexity index is 1490. The zero-order chi connectivity index (χ0) is 30.6. The highest BCUT2D eigenvalue weighted by Gasteiger charge is 2.48. The first kappa shape index (κ1) is 29.7. The van der Waals surface area contributed by atoms with Crippen molar-refractivity contribution in [2.45, 2.75) is 38.0 Å². The van der Waals surface area contributed by atoms with E-state index in [1.807, 2.05) is 109 Å². The average Bonchev–Trinajstić information content (AvgIpc) is 3.51. The van der Waals surface area contributed by atoms with E-state index in [-0.39, 0.29) is 38.0 Å². The summed E-state index contributed by atoms with van der Waals surface area (Å²) in [5.41, 5.74) is 5.25. The van der Waals surface area contributed by atoms with Crippen LogP contribution in [0.4, 0.5) is 0 Å². The van der Waals surface area contributed by atoms with Crippen molar-refractivity contribution in [3.63, 3.8) is 0 Å². The van der Waals surface area contributed by atoms with Gasteiger partial charge in [0.05, 0.1) is 0 Å². The SMILES string of the molecule is O=C(NCCc1ccccc1)[C@@H]1c2ccccc2C[N+]1([O-])CC[N+]1([O-])Cc2ccccc2[C@H]1C(=O)NCCc1ccccc1. The fraction of sp³-hybridized carbons (Fsp3) is 0.278. The van der Waals surface area contributed by atoms with Gasteiger partial charge in [-0.05, 0) is 24.0 Å². The lowest BCUT2D eigenvalue weighted by Gasteiger charge is -2.49. The molecule has 6 rings (SSSR count). The Hall–Kier alpha value is -4.34. The molecule has 2 heterocycles. The molecule has 4 aromatic carbocycles. The highest BCUT2D eigenvalue weighted by atomic mass is 16.6. The molecule has 0 spiro atoms. The Kier molecular flexibility index (Phi) is 8.59. The molecule has 0 aromatic heterocycles. The van der Waals surface area contributed by atoms with Crippen molar-refractivity contribution >= 4 is 11.8 Å². The van der Waals surface area contributed by atoms with E-state index in [0.29, 0.717) is 37.1 Å². The fourth-order valence-corrected chi connectivity index (χ4v) is 6.76. The van der Waals surface area contributed by atoms with Gasteiger partial charge in [-0.3, -0.25) is 9.59 Å². The molecule has 2 aliphatic heterocycles.